The van der Waals surface area contributed by atoms with Crippen LogP contribution in [0.15, 0.2) is 9.59 Å². The quantitative estimate of drug-likeness (QED) is 0.494. The summed E-state index contributed by atoms with van der Waals surface area (Å²) in [5, 5.41) is 0. The number of likely N-dealkylation sites (tertiary alicyclic amines) is 1. The SMILES string of the molecule is CCCn1c(N)c(C(=O)CN2CCC[C@@H](NS(C)(=O)=O)C2)c(=O)[nH]c1=O. The van der Waals surface area contributed by atoms with E-state index in [1.54, 1.807) is 4.90 Å². The fraction of sp³-hybridized carbons (Fsp3) is 0.667. The summed E-state index contributed by atoms with van der Waals surface area (Å²) in [7, 11) is -3.33. The lowest BCUT2D eigenvalue weighted by atomic mass is 10.1. The summed E-state index contributed by atoms with van der Waals surface area (Å²) in [4.78, 5) is 40.4. The van der Waals surface area contributed by atoms with E-state index in [-0.39, 0.29) is 24.0 Å². The standard InChI is InChI=1S/C15H25N5O5S/c1-3-6-20-13(16)12(14(22)17-15(20)23)11(21)9-19-7-4-5-10(8-19)18-26(2,24)25/h10,18H,3-9,16H2,1-2H3,(H,17,22,23)/t10-/m1/s1. The summed E-state index contributed by atoms with van der Waals surface area (Å²) in [6.07, 6.45) is 3.12. The summed E-state index contributed by atoms with van der Waals surface area (Å²) in [5.41, 5.74) is 4.24. The zero-order valence-electron chi connectivity index (χ0n) is 14.9. The van der Waals surface area contributed by atoms with Gasteiger partial charge in [0, 0.05) is 19.1 Å². The number of nitrogens with zero attached hydrogens (tertiary/aromatic N) is 2. The normalized spacial score (nSPS) is 18.8. The average molecular weight is 387 g/mol. The van der Waals surface area contributed by atoms with Gasteiger partial charge in [-0.15, -0.1) is 0 Å². The smallest absolute Gasteiger partial charge is 0.329 e. The van der Waals surface area contributed by atoms with Crippen molar-refractivity contribution in [3.8, 4) is 0 Å². The van der Waals surface area contributed by atoms with Crippen LogP contribution in [0.25, 0.3) is 0 Å². The number of hydrogen-bond donors (Lipinski definition) is 3. The highest BCUT2D eigenvalue weighted by Crippen LogP contribution is 2.13. The molecule has 1 aromatic rings. The lowest BCUT2D eigenvalue weighted by Crippen LogP contribution is -2.49. The van der Waals surface area contributed by atoms with Crippen molar-refractivity contribution in [2.24, 2.45) is 0 Å². The van der Waals surface area contributed by atoms with Crippen molar-refractivity contribution >= 4 is 21.6 Å². The highest BCUT2D eigenvalue weighted by molar-refractivity contribution is 7.88. The van der Waals surface area contributed by atoms with Crippen molar-refractivity contribution in [2.45, 2.75) is 38.8 Å². The predicted octanol–water partition coefficient (Wildman–Crippen LogP) is -1.27. The lowest BCUT2D eigenvalue weighted by molar-refractivity contribution is 0.0904. The Bertz CT molecular complexity index is 889. The van der Waals surface area contributed by atoms with Gasteiger partial charge < -0.3 is 5.73 Å². The zero-order chi connectivity index (χ0) is 19.5. The maximum atomic E-state index is 12.6. The highest BCUT2D eigenvalue weighted by atomic mass is 32.2. The van der Waals surface area contributed by atoms with Crippen molar-refractivity contribution in [1.29, 1.82) is 0 Å². The molecule has 1 fully saturated rings. The third-order valence-corrected chi connectivity index (χ3v) is 4.98. The van der Waals surface area contributed by atoms with Gasteiger partial charge in [0.1, 0.15) is 11.4 Å². The average Bonchev–Trinajstić information content (AvgIpc) is 2.49. The van der Waals surface area contributed by atoms with Gasteiger partial charge in [0.05, 0.1) is 12.8 Å². The third kappa shape index (κ3) is 5.02. The summed E-state index contributed by atoms with van der Waals surface area (Å²) in [5.74, 6) is -0.623. The summed E-state index contributed by atoms with van der Waals surface area (Å²) < 4.78 is 26.5. The van der Waals surface area contributed by atoms with E-state index in [4.69, 9.17) is 5.73 Å². The van der Waals surface area contributed by atoms with Crippen molar-refractivity contribution < 1.29 is 13.2 Å². The van der Waals surface area contributed by atoms with Crippen molar-refractivity contribution in [2.75, 3.05) is 31.6 Å². The van der Waals surface area contributed by atoms with Crippen LogP contribution >= 0.6 is 0 Å². The number of H-pyrrole nitrogens is 1. The van der Waals surface area contributed by atoms with E-state index >= 15 is 0 Å². The Morgan fingerprint density at radius 1 is 1.38 bits per heavy atom. The third-order valence-electron chi connectivity index (χ3n) is 4.22. The minimum Gasteiger partial charge on any atom is -0.384 e. The number of aromatic amines is 1. The van der Waals surface area contributed by atoms with Crippen LogP contribution in [-0.4, -0.2) is 60.6 Å². The number of Topliss-reactive ketones (excluding diaryl/α,β-unsaturated/α-hetero) is 1. The zero-order valence-corrected chi connectivity index (χ0v) is 15.8. The van der Waals surface area contributed by atoms with Crippen molar-refractivity contribution in [3.05, 3.63) is 26.4 Å². The molecule has 0 aliphatic carbocycles. The van der Waals surface area contributed by atoms with E-state index in [2.05, 4.69) is 9.71 Å². The van der Waals surface area contributed by atoms with Gasteiger partial charge >= 0.3 is 5.69 Å². The van der Waals surface area contributed by atoms with Crippen molar-refractivity contribution in [1.82, 2.24) is 19.2 Å². The molecule has 0 unspecified atom stereocenters. The summed E-state index contributed by atoms with van der Waals surface area (Å²) in [6.45, 7) is 3.05. The topological polar surface area (TPSA) is 147 Å². The van der Waals surface area contributed by atoms with E-state index in [0.29, 0.717) is 32.5 Å². The second-order valence-corrected chi connectivity index (χ2v) is 8.34. The van der Waals surface area contributed by atoms with Crippen LogP contribution < -0.4 is 21.7 Å². The molecule has 0 spiro atoms. The van der Waals surface area contributed by atoms with Crippen LogP contribution in [0, 0.1) is 0 Å². The second kappa shape index (κ2) is 8.14. The second-order valence-electron chi connectivity index (χ2n) is 6.56. The Kier molecular flexibility index (Phi) is 6.37. The molecule has 4 N–H and O–H groups in total. The fourth-order valence-electron chi connectivity index (χ4n) is 3.18. The van der Waals surface area contributed by atoms with E-state index in [0.717, 1.165) is 12.7 Å². The Morgan fingerprint density at radius 3 is 2.69 bits per heavy atom. The molecule has 11 heteroatoms. The maximum absolute atomic E-state index is 12.6. The molecule has 1 atom stereocenters. The number of hydrogen-bond acceptors (Lipinski definition) is 7. The van der Waals surface area contributed by atoms with Gasteiger partial charge in [-0.2, -0.15) is 0 Å². The van der Waals surface area contributed by atoms with Crippen molar-refractivity contribution in [3.63, 3.8) is 0 Å². The molecule has 1 saturated heterocycles. The number of anilines is 1. The number of carbonyl (C=O) groups excluding carboxylic acids is 1. The molecule has 0 amide bonds. The molecule has 146 valence electrons. The number of nitrogens with two attached hydrogens (primary N) is 1. The minimum absolute atomic E-state index is 0.0699. The van der Waals surface area contributed by atoms with Gasteiger partial charge in [0.25, 0.3) is 5.56 Å². The van der Waals surface area contributed by atoms with E-state index in [1.807, 2.05) is 6.92 Å². The Labute approximate surface area is 151 Å². The first kappa shape index (κ1) is 20.3. The fourth-order valence-corrected chi connectivity index (χ4v) is 3.98. The Morgan fingerprint density at radius 2 is 2.08 bits per heavy atom. The molecule has 2 heterocycles. The lowest BCUT2D eigenvalue weighted by Gasteiger charge is -2.32. The molecular weight excluding hydrogens is 362 g/mol. The molecular formula is C15H25N5O5S. The number of piperidine rings is 1. The minimum atomic E-state index is -3.33. The first-order valence-electron chi connectivity index (χ1n) is 8.47. The van der Waals surface area contributed by atoms with Gasteiger partial charge in [0.2, 0.25) is 10.0 Å². The summed E-state index contributed by atoms with van der Waals surface area (Å²) in [6, 6.07) is -0.281. The molecule has 1 aromatic heterocycles. The van der Waals surface area contributed by atoms with Gasteiger partial charge in [-0.1, -0.05) is 6.92 Å². The number of nitrogens with one attached hydrogen (secondary N) is 2. The number of sulfonamides is 1. The predicted molar refractivity (Wildman–Crippen MR) is 97.8 cm³/mol. The van der Waals surface area contributed by atoms with Crippen LogP contribution in [0.4, 0.5) is 5.82 Å². The van der Waals surface area contributed by atoms with E-state index in [1.165, 1.54) is 4.57 Å². The first-order valence-corrected chi connectivity index (χ1v) is 10.4. The molecule has 2 rings (SSSR count). The maximum Gasteiger partial charge on any atom is 0.329 e. The molecule has 1 aliphatic rings. The molecule has 1 aliphatic heterocycles. The van der Waals surface area contributed by atoms with Crippen LogP contribution in [0.2, 0.25) is 0 Å². The highest BCUT2D eigenvalue weighted by Gasteiger charge is 2.26. The molecule has 0 bridgehead atoms. The molecule has 0 aromatic carbocycles. The molecule has 0 radical (unpaired) electrons. The van der Waals surface area contributed by atoms with Crippen LogP contribution in [-0.2, 0) is 16.6 Å². The largest absolute Gasteiger partial charge is 0.384 e. The number of rotatable bonds is 7. The summed E-state index contributed by atoms with van der Waals surface area (Å²) >= 11 is 0. The number of ketones is 1. The van der Waals surface area contributed by atoms with E-state index in [9.17, 15) is 22.8 Å². The molecule has 10 nitrogen and oxygen atoms in total. The van der Waals surface area contributed by atoms with Crippen LogP contribution in [0.1, 0.15) is 36.5 Å². The first-order chi connectivity index (χ1) is 12.1. The Hall–Kier alpha value is -1.98. The van der Waals surface area contributed by atoms with Gasteiger partial charge in [0.15, 0.2) is 5.78 Å². The number of aromatic nitrogens is 2. The Balaban J connectivity index is 2.18. The molecule has 26 heavy (non-hydrogen) atoms. The van der Waals surface area contributed by atoms with Crippen LogP contribution in [0.3, 0.4) is 0 Å². The van der Waals surface area contributed by atoms with Gasteiger partial charge in [-0.25, -0.2) is 17.9 Å². The van der Waals surface area contributed by atoms with E-state index < -0.39 is 27.1 Å². The monoisotopic (exact) mass is 387 g/mol. The number of carbonyl (C=O) groups is 1. The number of nitrogen functional groups attached to an aromatic ring is 1. The molecule has 0 saturated carbocycles. The van der Waals surface area contributed by atoms with Gasteiger partial charge in [-0.3, -0.25) is 24.0 Å². The van der Waals surface area contributed by atoms with Gasteiger partial charge in [-0.05, 0) is 25.8 Å². The van der Waals surface area contributed by atoms with Crippen LogP contribution in [0.5, 0.6) is 0 Å².